The summed E-state index contributed by atoms with van der Waals surface area (Å²) in [6, 6.07) is 5.62. The van der Waals surface area contributed by atoms with Crippen molar-refractivity contribution in [3.05, 3.63) is 29.8 Å². The van der Waals surface area contributed by atoms with E-state index in [1.54, 1.807) is 18.2 Å². The number of amides is 1. The van der Waals surface area contributed by atoms with E-state index < -0.39 is 27.9 Å². The maximum absolute atomic E-state index is 12.1. The van der Waals surface area contributed by atoms with Gasteiger partial charge in [0, 0.05) is 5.56 Å². The van der Waals surface area contributed by atoms with Gasteiger partial charge in [-0.15, -0.1) is 0 Å². The molecule has 1 amide bonds. The maximum atomic E-state index is 12.1. The lowest BCUT2D eigenvalue weighted by Crippen LogP contribution is -2.43. The lowest BCUT2D eigenvalue weighted by atomic mass is 10.0. The van der Waals surface area contributed by atoms with Crippen LogP contribution in [0.4, 0.5) is 0 Å². The van der Waals surface area contributed by atoms with E-state index in [1.807, 2.05) is 13.8 Å². The second-order valence-electron chi connectivity index (χ2n) is 6.04. The first-order chi connectivity index (χ1) is 11.7. The largest absolute Gasteiger partial charge is 0.467 e. The smallest absolute Gasteiger partial charge is 0.328 e. The number of benzene rings is 1. The summed E-state index contributed by atoms with van der Waals surface area (Å²) < 4.78 is 31.0. The summed E-state index contributed by atoms with van der Waals surface area (Å²) in [7, 11) is -2.39. The van der Waals surface area contributed by atoms with Crippen LogP contribution in [0.2, 0.25) is 0 Å². The van der Waals surface area contributed by atoms with E-state index in [4.69, 9.17) is 0 Å². The predicted molar refractivity (Wildman–Crippen MR) is 91.6 cm³/mol. The molecule has 136 valence electrons. The number of fused-ring (bicyclic) bond motifs is 1. The van der Waals surface area contributed by atoms with Crippen molar-refractivity contribution in [1.29, 1.82) is 0 Å². The molecule has 1 aliphatic heterocycles. The number of ether oxygens (including phenoxy) is 1. The van der Waals surface area contributed by atoms with Crippen LogP contribution in [-0.2, 0) is 24.3 Å². The highest BCUT2D eigenvalue weighted by Gasteiger charge is 2.30. The zero-order chi connectivity index (χ0) is 18.6. The maximum Gasteiger partial charge on any atom is 0.328 e. The Morgan fingerprint density at radius 1 is 1.28 bits per heavy atom. The van der Waals surface area contributed by atoms with Crippen LogP contribution in [0.25, 0.3) is 0 Å². The van der Waals surface area contributed by atoms with Crippen molar-refractivity contribution in [2.24, 2.45) is 10.9 Å². The predicted octanol–water partition coefficient (Wildman–Crippen LogP) is 0.429. The lowest BCUT2D eigenvalue weighted by molar-refractivity contribution is -0.145. The molecule has 0 bridgehead atoms. The number of nitrogens with one attached hydrogen (secondary N) is 2. The molecule has 0 saturated carbocycles. The van der Waals surface area contributed by atoms with Crippen LogP contribution in [0.1, 0.15) is 25.8 Å². The Kier molecular flexibility index (Phi) is 5.78. The summed E-state index contributed by atoms with van der Waals surface area (Å²) in [5.41, 5.74) is 0.419. The number of hydrogen-bond donors (Lipinski definition) is 2. The Morgan fingerprint density at radius 2 is 1.96 bits per heavy atom. The first-order valence-electron chi connectivity index (χ1n) is 7.78. The monoisotopic (exact) mass is 367 g/mol. The zero-order valence-electron chi connectivity index (χ0n) is 14.3. The number of carbonyl (C=O) groups excluding carboxylic acids is 2. The Balaban J connectivity index is 2.09. The van der Waals surface area contributed by atoms with Gasteiger partial charge in [-0.05, 0) is 24.5 Å². The summed E-state index contributed by atoms with van der Waals surface area (Å²) in [6.07, 6.45) is 0.435. The summed E-state index contributed by atoms with van der Waals surface area (Å²) in [6.45, 7) is 3.54. The molecule has 8 nitrogen and oxygen atoms in total. The molecule has 1 aliphatic rings. The molecule has 2 N–H and O–H groups in total. The third-order valence-electron chi connectivity index (χ3n) is 3.57. The summed E-state index contributed by atoms with van der Waals surface area (Å²) in [4.78, 5) is 28.0. The standard InChI is InChI=1S/C16H21N3O5S/c1-10(2)8-12(16(21)24-3)18-14(20)9-17-15-11-6-4-5-7-13(11)25(22,23)19-15/h4-7,10,12H,8-9H2,1-3H3,(H,17,19)(H,18,20)/t12-/m1/s1. The van der Waals surface area contributed by atoms with Gasteiger partial charge in [-0.2, -0.15) is 0 Å². The third kappa shape index (κ3) is 4.56. The van der Waals surface area contributed by atoms with Crippen LogP contribution in [-0.4, -0.2) is 45.8 Å². The molecule has 0 radical (unpaired) electrons. The second-order valence-corrected chi connectivity index (χ2v) is 7.69. The molecule has 0 aliphatic carbocycles. The van der Waals surface area contributed by atoms with Gasteiger partial charge in [-0.3, -0.25) is 14.5 Å². The highest BCUT2D eigenvalue weighted by Crippen LogP contribution is 2.21. The van der Waals surface area contributed by atoms with E-state index in [1.165, 1.54) is 13.2 Å². The SMILES string of the molecule is COC(=O)[C@@H](CC(C)C)NC(=O)CN=C1NS(=O)(=O)c2ccccc21. The van der Waals surface area contributed by atoms with Gasteiger partial charge in [0.1, 0.15) is 18.4 Å². The third-order valence-corrected chi connectivity index (χ3v) is 4.97. The number of methoxy groups -OCH3 is 1. The van der Waals surface area contributed by atoms with Crippen LogP contribution >= 0.6 is 0 Å². The zero-order valence-corrected chi connectivity index (χ0v) is 15.1. The molecule has 1 heterocycles. The molecule has 1 aromatic rings. The Labute approximate surface area is 146 Å². The fourth-order valence-electron chi connectivity index (χ4n) is 2.47. The highest BCUT2D eigenvalue weighted by molar-refractivity contribution is 7.90. The first-order valence-corrected chi connectivity index (χ1v) is 9.26. The van der Waals surface area contributed by atoms with Crippen molar-refractivity contribution < 1.29 is 22.7 Å². The van der Waals surface area contributed by atoms with Crippen LogP contribution in [0.3, 0.4) is 0 Å². The van der Waals surface area contributed by atoms with Crippen molar-refractivity contribution in [3.63, 3.8) is 0 Å². The highest BCUT2D eigenvalue weighted by atomic mass is 32.2. The molecule has 2 rings (SSSR count). The van der Waals surface area contributed by atoms with Crippen molar-refractivity contribution in [3.8, 4) is 0 Å². The van der Waals surface area contributed by atoms with Gasteiger partial charge >= 0.3 is 5.97 Å². The van der Waals surface area contributed by atoms with Crippen molar-refractivity contribution in [2.75, 3.05) is 13.7 Å². The van der Waals surface area contributed by atoms with Crippen LogP contribution < -0.4 is 10.0 Å². The minimum absolute atomic E-state index is 0.115. The first kappa shape index (κ1) is 18.9. The topological polar surface area (TPSA) is 114 Å². The van der Waals surface area contributed by atoms with E-state index in [2.05, 4.69) is 19.8 Å². The van der Waals surface area contributed by atoms with E-state index in [0.717, 1.165) is 0 Å². The fourth-order valence-corrected chi connectivity index (χ4v) is 3.72. The minimum Gasteiger partial charge on any atom is -0.467 e. The molecular formula is C16H21N3O5S. The molecule has 25 heavy (non-hydrogen) atoms. The fraction of sp³-hybridized carbons (Fsp3) is 0.438. The number of sulfonamides is 1. The van der Waals surface area contributed by atoms with Gasteiger partial charge in [0.25, 0.3) is 10.0 Å². The quantitative estimate of drug-likeness (QED) is 0.708. The molecule has 0 saturated heterocycles. The van der Waals surface area contributed by atoms with Crippen LogP contribution in [0.15, 0.2) is 34.2 Å². The number of esters is 1. The van der Waals surface area contributed by atoms with Gasteiger partial charge in [0.05, 0.1) is 12.0 Å². The van der Waals surface area contributed by atoms with E-state index >= 15 is 0 Å². The number of nitrogens with zero attached hydrogens (tertiary/aromatic N) is 1. The number of carbonyl (C=O) groups is 2. The van der Waals surface area contributed by atoms with Gasteiger partial charge in [-0.25, -0.2) is 13.2 Å². The number of hydrogen-bond acceptors (Lipinski definition) is 6. The molecule has 0 unspecified atom stereocenters. The Bertz CT molecular complexity index is 802. The summed E-state index contributed by atoms with van der Waals surface area (Å²) >= 11 is 0. The molecule has 1 aromatic carbocycles. The second kappa shape index (κ2) is 7.64. The van der Waals surface area contributed by atoms with Gasteiger partial charge in [-0.1, -0.05) is 26.0 Å². The summed E-state index contributed by atoms with van der Waals surface area (Å²) in [5, 5.41) is 2.57. The minimum atomic E-state index is -3.65. The molecule has 9 heteroatoms. The molecule has 0 aromatic heterocycles. The Hall–Kier alpha value is -2.42. The molecule has 1 atom stereocenters. The molecule has 0 fully saturated rings. The lowest BCUT2D eigenvalue weighted by Gasteiger charge is -2.17. The van der Waals surface area contributed by atoms with E-state index in [-0.39, 0.29) is 23.2 Å². The van der Waals surface area contributed by atoms with Crippen molar-refractivity contribution >= 4 is 27.7 Å². The van der Waals surface area contributed by atoms with Gasteiger partial charge < -0.3 is 10.1 Å². The molecular weight excluding hydrogens is 346 g/mol. The van der Waals surface area contributed by atoms with E-state index in [0.29, 0.717) is 12.0 Å². The van der Waals surface area contributed by atoms with Crippen LogP contribution in [0.5, 0.6) is 0 Å². The van der Waals surface area contributed by atoms with Crippen molar-refractivity contribution in [1.82, 2.24) is 10.0 Å². The van der Waals surface area contributed by atoms with E-state index in [9.17, 15) is 18.0 Å². The van der Waals surface area contributed by atoms with Gasteiger partial charge in [0.15, 0.2) is 0 Å². The van der Waals surface area contributed by atoms with Crippen molar-refractivity contribution in [2.45, 2.75) is 31.2 Å². The number of rotatable bonds is 6. The molecule has 0 spiro atoms. The Morgan fingerprint density at radius 3 is 2.60 bits per heavy atom. The average molecular weight is 367 g/mol. The normalized spacial score (nSPS) is 17.7. The number of amidine groups is 1. The average Bonchev–Trinajstić information content (AvgIpc) is 2.82. The number of aliphatic imine (C=N–C) groups is 1. The van der Waals surface area contributed by atoms with Crippen LogP contribution in [0, 0.1) is 5.92 Å². The van der Waals surface area contributed by atoms with Gasteiger partial charge in [0.2, 0.25) is 5.91 Å². The summed E-state index contributed by atoms with van der Waals surface area (Å²) in [5.74, 6) is -0.720.